The first kappa shape index (κ1) is 19.7. The Morgan fingerprint density at radius 3 is 2.57 bits per heavy atom. The van der Waals surface area contributed by atoms with E-state index in [1.807, 2.05) is 27.0 Å². The molecule has 3 heterocycles. The van der Waals surface area contributed by atoms with Crippen LogP contribution in [0, 0.1) is 11.8 Å². The van der Waals surface area contributed by atoms with E-state index in [-0.39, 0.29) is 23.8 Å². The van der Waals surface area contributed by atoms with Gasteiger partial charge < -0.3 is 5.32 Å². The van der Waals surface area contributed by atoms with Crippen LogP contribution in [0.5, 0.6) is 0 Å². The lowest BCUT2D eigenvalue weighted by atomic mass is 9.76. The molecule has 1 aromatic rings. The fourth-order valence-electron chi connectivity index (χ4n) is 4.93. The second-order valence-corrected chi connectivity index (χ2v) is 10.1. The van der Waals surface area contributed by atoms with Crippen LogP contribution in [0.4, 0.5) is 5.69 Å². The van der Waals surface area contributed by atoms with Gasteiger partial charge in [0.25, 0.3) is 0 Å². The monoisotopic (exact) mass is 421 g/mol. The average molecular weight is 422 g/mol. The minimum atomic E-state index is -1.26. The van der Waals surface area contributed by atoms with Crippen LogP contribution in [0.1, 0.15) is 32.8 Å². The number of thioether (sulfide) groups is 1. The van der Waals surface area contributed by atoms with Crippen LogP contribution in [0.3, 0.4) is 0 Å². The molecule has 0 bridgehead atoms. The number of imide groups is 1. The molecule has 2 fully saturated rings. The Kier molecular flexibility index (Phi) is 4.56. The fourth-order valence-corrected chi connectivity index (χ4v) is 5.59. The van der Waals surface area contributed by atoms with Crippen molar-refractivity contribution in [2.45, 2.75) is 44.3 Å². The Morgan fingerprint density at radius 2 is 1.93 bits per heavy atom. The largest absolute Gasteiger partial charge is 0.324 e. The number of benzene rings is 1. The molecule has 4 atom stereocenters. The Morgan fingerprint density at radius 1 is 1.21 bits per heavy atom. The number of likely N-dealkylation sites (tertiary alicyclic amines) is 1. The summed E-state index contributed by atoms with van der Waals surface area (Å²) < 4.78 is 0. The van der Waals surface area contributed by atoms with Crippen molar-refractivity contribution in [2.75, 3.05) is 17.3 Å². The molecule has 4 rings (SSSR count). The summed E-state index contributed by atoms with van der Waals surface area (Å²) >= 11 is 7.91. The number of nitrogens with one attached hydrogen (secondary N) is 2. The van der Waals surface area contributed by atoms with Gasteiger partial charge in [0.2, 0.25) is 17.7 Å². The number of carbonyl (C=O) groups is 3. The summed E-state index contributed by atoms with van der Waals surface area (Å²) in [5.41, 5.74) is -0.610. The van der Waals surface area contributed by atoms with Crippen molar-refractivity contribution in [3.8, 4) is 0 Å². The van der Waals surface area contributed by atoms with Gasteiger partial charge in [0.15, 0.2) is 0 Å². The van der Waals surface area contributed by atoms with Crippen LogP contribution in [0.25, 0.3) is 0 Å². The van der Waals surface area contributed by atoms with E-state index in [1.54, 1.807) is 30.0 Å². The quantitative estimate of drug-likeness (QED) is 0.733. The lowest BCUT2D eigenvalue weighted by Crippen LogP contribution is -2.55. The van der Waals surface area contributed by atoms with Gasteiger partial charge in [-0.3, -0.25) is 24.6 Å². The summed E-state index contributed by atoms with van der Waals surface area (Å²) in [4.78, 5) is 41.4. The molecule has 2 saturated heterocycles. The van der Waals surface area contributed by atoms with Crippen molar-refractivity contribution in [1.82, 2.24) is 10.2 Å². The topological polar surface area (TPSA) is 78.5 Å². The van der Waals surface area contributed by atoms with E-state index < -0.39 is 22.9 Å². The van der Waals surface area contributed by atoms with Gasteiger partial charge in [-0.25, -0.2) is 0 Å². The number of amides is 3. The van der Waals surface area contributed by atoms with Gasteiger partial charge in [0, 0.05) is 27.9 Å². The van der Waals surface area contributed by atoms with Gasteiger partial charge in [0.05, 0.1) is 11.8 Å². The van der Waals surface area contributed by atoms with E-state index in [9.17, 15) is 14.4 Å². The van der Waals surface area contributed by atoms with E-state index in [0.29, 0.717) is 22.7 Å². The third-order valence-electron chi connectivity index (χ3n) is 5.98. The maximum Gasteiger partial charge on any atom is 0.250 e. The third-order valence-corrected chi connectivity index (χ3v) is 6.86. The number of rotatable bonds is 3. The summed E-state index contributed by atoms with van der Waals surface area (Å²) in [6.07, 6.45) is 2.70. The molecular weight excluding hydrogens is 398 g/mol. The van der Waals surface area contributed by atoms with Crippen molar-refractivity contribution in [1.29, 1.82) is 0 Å². The highest BCUT2D eigenvalue weighted by molar-refractivity contribution is 7.98. The smallest absolute Gasteiger partial charge is 0.250 e. The lowest BCUT2D eigenvalue weighted by molar-refractivity contribution is -0.147. The summed E-state index contributed by atoms with van der Waals surface area (Å²) in [7, 11) is 0. The number of nitrogens with zero attached hydrogens (tertiary/aromatic N) is 1. The van der Waals surface area contributed by atoms with Gasteiger partial charge in [-0.2, -0.15) is 11.8 Å². The van der Waals surface area contributed by atoms with Crippen LogP contribution in [0.15, 0.2) is 18.2 Å². The molecule has 1 aromatic carbocycles. The van der Waals surface area contributed by atoms with E-state index in [1.165, 1.54) is 4.90 Å². The second kappa shape index (κ2) is 6.47. The Balaban J connectivity index is 1.89. The molecular formula is C20H24ClN3O3S. The zero-order chi connectivity index (χ0) is 20.4. The summed E-state index contributed by atoms with van der Waals surface area (Å²) in [6.45, 7) is 5.54. The van der Waals surface area contributed by atoms with Crippen LogP contribution in [-0.2, 0) is 19.9 Å². The fraction of sp³-hybridized carbons (Fsp3) is 0.550. The number of anilines is 1. The molecule has 8 heteroatoms. The van der Waals surface area contributed by atoms with Gasteiger partial charge in [0.1, 0.15) is 5.54 Å². The van der Waals surface area contributed by atoms with Crippen LogP contribution in [-0.4, -0.2) is 46.2 Å². The first-order valence-electron chi connectivity index (χ1n) is 9.39. The van der Waals surface area contributed by atoms with E-state index in [0.717, 1.165) is 5.75 Å². The molecule has 3 aliphatic heterocycles. The molecule has 28 heavy (non-hydrogen) atoms. The van der Waals surface area contributed by atoms with Gasteiger partial charge in [-0.05, 0) is 57.4 Å². The number of hydrogen-bond acceptors (Lipinski definition) is 5. The zero-order valence-corrected chi connectivity index (χ0v) is 17.9. The van der Waals surface area contributed by atoms with Crippen LogP contribution in [0.2, 0.25) is 5.02 Å². The van der Waals surface area contributed by atoms with Crippen molar-refractivity contribution in [2.24, 2.45) is 11.8 Å². The number of halogens is 1. The van der Waals surface area contributed by atoms with Gasteiger partial charge in [-0.15, -0.1) is 0 Å². The summed E-state index contributed by atoms with van der Waals surface area (Å²) in [5, 5.41) is 6.80. The highest BCUT2D eigenvalue weighted by atomic mass is 35.5. The van der Waals surface area contributed by atoms with Gasteiger partial charge in [-0.1, -0.05) is 11.6 Å². The molecule has 6 nitrogen and oxygen atoms in total. The van der Waals surface area contributed by atoms with Crippen molar-refractivity contribution < 1.29 is 14.4 Å². The Hall–Kier alpha value is -1.57. The second-order valence-electron chi connectivity index (χ2n) is 8.67. The summed E-state index contributed by atoms with van der Waals surface area (Å²) in [5.74, 6) is -1.27. The number of hydrogen-bond donors (Lipinski definition) is 2. The zero-order valence-electron chi connectivity index (χ0n) is 16.3. The molecule has 0 aliphatic carbocycles. The van der Waals surface area contributed by atoms with Crippen LogP contribution < -0.4 is 10.6 Å². The SMILES string of the molecule is CSCCC1NC2(C(=O)Nc3ccc(Cl)cc32)[C@@H]2C(=O)N(C(C)(C)C)C(=O)[C@H]12. The number of carbonyl (C=O) groups excluding carboxylic acids is 3. The summed E-state index contributed by atoms with van der Waals surface area (Å²) in [6, 6.07) is 4.93. The first-order chi connectivity index (χ1) is 13.1. The first-order valence-corrected chi connectivity index (χ1v) is 11.2. The lowest BCUT2D eigenvalue weighted by Gasteiger charge is -2.34. The molecule has 0 saturated carbocycles. The number of fused-ring (bicyclic) bond motifs is 4. The van der Waals surface area contributed by atoms with E-state index in [2.05, 4.69) is 10.6 Å². The minimum Gasteiger partial charge on any atom is -0.324 e. The molecule has 2 N–H and O–H groups in total. The van der Waals surface area contributed by atoms with E-state index in [4.69, 9.17) is 11.6 Å². The maximum absolute atomic E-state index is 13.5. The van der Waals surface area contributed by atoms with Crippen molar-refractivity contribution in [3.63, 3.8) is 0 Å². The molecule has 3 aliphatic rings. The third kappa shape index (κ3) is 2.56. The van der Waals surface area contributed by atoms with Crippen molar-refractivity contribution in [3.05, 3.63) is 28.8 Å². The molecule has 2 unspecified atom stereocenters. The van der Waals surface area contributed by atoms with Gasteiger partial charge >= 0.3 is 0 Å². The molecule has 150 valence electrons. The molecule has 0 aromatic heterocycles. The average Bonchev–Trinajstić information content (AvgIpc) is 3.18. The minimum absolute atomic E-state index is 0.193. The Labute approximate surface area is 173 Å². The van der Waals surface area contributed by atoms with E-state index >= 15 is 0 Å². The highest BCUT2D eigenvalue weighted by Crippen LogP contribution is 2.54. The highest BCUT2D eigenvalue weighted by Gasteiger charge is 2.71. The van der Waals surface area contributed by atoms with Crippen molar-refractivity contribution >= 4 is 46.8 Å². The predicted molar refractivity (Wildman–Crippen MR) is 110 cm³/mol. The van der Waals surface area contributed by atoms with Crippen LogP contribution >= 0.6 is 23.4 Å². The molecule has 0 radical (unpaired) electrons. The molecule has 3 amide bonds. The predicted octanol–water partition coefficient (Wildman–Crippen LogP) is 2.61. The molecule has 1 spiro atoms. The standard InChI is InChI=1S/C20H24ClN3O3S/c1-19(2,3)24-16(25)14-13(7-8-28-4)23-20(15(14)17(24)26)11-9-10(21)5-6-12(11)22-18(20)27/h5-6,9,13-15,23H,7-8H2,1-4H3,(H,22,27)/t13?,14-,15+,20?/m1/s1. The Bertz CT molecular complexity index is 884. The maximum atomic E-state index is 13.5. The normalized spacial score (nSPS) is 31.5.